The second kappa shape index (κ2) is 6.05. The zero-order valence-corrected chi connectivity index (χ0v) is 12.1. The average Bonchev–Trinajstić information content (AvgIpc) is 3.11. The van der Waals surface area contributed by atoms with Crippen LogP contribution >= 0.6 is 0 Å². The first-order chi connectivity index (χ1) is 8.56. The number of likely N-dealkylation sites (tertiary alicyclic amines) is 1. The van der Waals surface area contributed by atoms with E-state index in [0.717, 1.165) is 44.7 Å². The van der Waals surface area contributed by atoms with E-state index in [0.29, 0.717) is 23.9 Å². The highest BCUT2D eigenvalue weighted by Crippen LogP contribution is 2.31. The molecule has 104 valence electrons. The lowest BCUT2D eigenvalue weighted by molar-refractivity contribution is -0.133. The van der Waals surface area contributed by atoms with Gasteiger partial charge in [-0.3, -0.25) is 4.79 Å². The molecule has 1 unspecified atom stereocenters. The van der Waals surface area contributed by atoms with Crippen LogP contribution in [0.5, 0.6) is 0 Å². The van der Waals surface area contributed by atoms with Gasteiger partial charge in [-0.15, -0.1) is 0 Å². The topological polar surface area (TPSA) is 32.3 Å². The molecule has 3 heteroatoms. The highest BCUT2D eigenvalue weighted by atomic mass is 16.2. The van der Waals surface area contributed by atoms with Gasteiger partial charge in [-0.05, 0) is 44.9 Å². The number of nitrogens with zero attached hydrogens (tertiary/aromatic N) is 1. The number of amides is 1. The first-order valence-corrected chi connectivity index (χ1v) is 7.61. The van der Waals surface area contributed by atoms with Crippen LogP contribution in [0.3, 0.4) is 0 Å². The molecule has 2 rings (SSSR count). The van der Waals surface area contributed by atoms with E-state index in [2.05, 4.69) is 31.0 Å². The molecule has 1 atom stereocenters. The fourth-order valence-corrected chi connectivity index (χ4v) is 3.03. The number of rotatable bonds is 5. The molecule has 1 saturated heterocycles. The molecule has 0 bridgehead atoms. The maximum Gasteiger partial charge on any atom is 0.225 e. The fraction of sp³-hybridized carbons (Fsp3) is 0.933. The summed E-state index contributed by atoms with van der Waals surface area (Å²) in [7, 11) is 0. The van der Waals surface area contributed by atoms with Crippen LogP contribution in [0, 0.1) is 11.8 Å². The summed E-state index contributed by atoms with van der Waals surface area (Å²) in [6.45, 7) is 8.74. The number of hydrogen-bond donors (Lipinski definition) is 1. The molecule has 0 aromatic rings. The largest absolute Gasteiger partial charge is 0.342 e. The van der Waals surface area contributed by atoms with Gasteiger partial charge in [0.05, 0.1) is 0 Å². The molecule has 0 aromatic carbocycles. The number of nitrogens with one attached hydrogen (secondary N) is 1. The summed E-state index contributed by atoms with van der Waals surface area (Å²) in [4.78, 5) is 14.0. The summed E-state index contributed by atoms with van der Waals surface area (Å²) in [6, 6.07) is 1.21. The zero-order valence-electron chi connectivity index (χ0n) is 12.1. The van der Waals surface area contributed by atoms with Crippen LogP contribution < -0.4 is 5.32 Å². The smallest absolute Gasteiger partial charge is 0.225 e. The minimum Gasteiger partial charge on any atom is -0.342 e. The lowest BCUT2D eigenvalue weighted by Gasteiger charge is -2.34. The Labute approximate surface area is 111 Å². The summed E-state index contributed by atoms with van der Waals surface area (Å²) in [5.74, 6) is 1.56. The third kappa shape index (κ3) is 3.98. The molecule has 0 aromatic heterocycles. The summed E-state index contributed by atoms with van der Waals surface area (Å²) in [6.07, 6.45) is 5.74. The normalized spacial score (nSPS) is 23.4. The van der Waals surface area contributed by atoms with Crippen molar-refractivity contribution in [3.8, 4) is 0 Å². The molecular weight excluding hydrogens is 224 g/mol. The minimum atomic E-state index is 0.384. The summed E-state index contributed by atoms with van der Waals surface area (Å²) in [5, 5.41) is 3.72. The first-order valence-electron chi connectivity index (χ1n) is 7.61. The van der Waals surface area contributed by atoms with Gasteiger partial charge >= 0.3 is 0 Å². The fourth-order valence-electron chi connectivity index (χ4n) is 3.03. The Hall–Kier alpha value is -0.570. The van der Waals surface area contributed by atoms with Gasteiger partial charge < -0.3 is 10.2 Å². The van der Waals surface area contributed by atoms with Crippen molar-refractivity contribution in [1.82, 2.24) is 10.2 Å². The van der Waals surface area contributed by atoms with Crippen LogP contribution in [0.1, 0.15) is 52.9 Å². The van der Waals surface area contributed by atoms with Crippen LogP contribution in [-0.2, 0) is 4.79 Å². The van der Waals surface area contributed by atoms with E-state index in [1.165, 1.54) is 6.42 Å². The lowest BCUT2D eigenvalue weighted by Crippen LogP contribution is -2.47. The van der Waals surface area contributed by atoms with Gasteiger partial charge in [-0.2, -0.15) is 0 Å². The van der Waals surface area contributed by atoms with Gasteiger partial charge in [0.25, 0.3) is 0 Å². The van der Waals surface area contributed by atoms with Crippen LogP contribution in [-0.4, -0.2) is 36.0 Å². The predicted octanol–water partition coefficient (Wildman–Crippen LogP) is 2.41. The summed E-state index contributed by atoms with van der Waals surface area (Å²) >= 11 is 0. The summed E-state index contributed by atoms with van der Waals surface area (Å²) in [5.41, 5.74) is 0. The standard InChI is InChI=1S/C15H28N2O/c1-11(2)10-12(3)16-14-6-8-17(9-7-14)15(18)13-4-5-13/h11-14,16H,4-10H2,1-3H3. The monoisotopic (exact) mass is 252 g/mol. The molecule has 1 aliphatic carbocycles. The van der Waals surface area contributed by atoms with Gasteiger partial charge in [-0.25, -0.2) is 0 Å². The van der Waals surface area contributed by atoms with Crippen molar-refractivity contribution in [2.45, 2.75) is 65.0 Å². The van der Waals surface area contributed by atoms with E-state index < -0.39 is 0 Å². The second-order valence-electron chi connectivity index (χ2n) is 6.57. The Kier molecular flexibility index (Phi) is 4.66. The van der Waals surface area contributed by atoms with Crippen molar-refractivity contribution >= 4 is 5.91 Å². The van der Waals surface area contributed by atoms with Crippen LogP contribution in [0.25, 0.3) is 0 Å². The molecule has 18 heavy (non-hydrogen) atoms. The quantitative estimate of drug-likeness (QED) is 0.815. The van der Waals surface area contributed by atoms with E-state index in [1.54, 1.807) is 0 Å². The third-order valence-corrected chi connectivity index (χ3v) is 4.08. The molecule has 1 saturated carbocycles. The van der Waals surface area contributed by atoms with Gasteiger partial charge in [0.15, 0.2) is 0 Å². The van der Waals surface area contributed by atoms with Gasteiger partial charge in [0.2, 0.25) is 5.91 Å². The third-order valence-electron chi connectivity index (χ3n) is 4.08. The van der Waals surface area contributed by atoms with E-state index >= 15 is 0 Å². The number of carbonyl (C=O) groups excluding carboxylic acids is 1. The molecule has 2 fully saturated rings. The highest BCUT2D eigenvalue weighted by molar-refractivity contribution is 5.81. The minimum absolute atomic E-state index is 0.384. The Morgan fingerprint density at radius 2 is 1.78 bits per heavy atom. The molecule has 1 aliphatic heterocycles. The van der Waals surface area contributed by atoms with Crippen molar-refractivity contribution in [3.05, 3.63) is 0 Å². The molecule has 3 nitrogen and oxygen atoms in total. The number of piperidine rings is 1. The Bertz CT molecular complexity index is 278. The van der Waals surface area contributed by atoms with Crippen LogP contribution in [0.15, 0.2) is 0 Å². The molecule has 1 N–H and O–H groups in total. The Morgan fingerprint density at radius 1 is 1.17 bits per heavy atom. The van der Waals surface area contributed by atoms with Crippen molar-refractivity contribution < 1.29 is 4.79 Å². The van der Waals surface area contributed by atoms with Gasteiger partial charge in [0.1, 0.15) is 0 Å². The van der Waals surface area contributed by atoms with Crippen LogP contribution in [0.2, 0.25) is 0 Å². The Morgan fingerprint density at radius 3 is 2.28 bits per heavy atom. The molecule has 0 radical (unpaired) electrons. The van der Waals surface area contributed by atoms with Crippen molar-refractivity contribution in [2.24, 2.45) is 11.8 Å². The van der Waals surface area contributed by atoms with E-state index in [9.17, 15) is 4.79 Å². The molecular formula is C15H28N2O. The maximum atomic E-state index is 11.9. The number of hydrogen-bond acceptors (Lipinski definition) is 2. The summed E-state index contributed by atoms with van der Waals surface area (Å²) < 4.78 is 0. The van der Waals surface area contributed by atoms with Crippen LogP contribution in [0.4, 0.5) is 0 Å². The number of carbonyl (C=O) groups is 1. The van der Waals surface area contributed by atoms with Crippen molar-refractivity contribution in [2.75, 3.05) is 13.1 Å². The molecule has 1 heterocycles. The zero-order chi connectivity index (χ0) is 13.1. The van der Waals surface area contributed by atoms with Gasteiger partial charge in [-0.1, -0.05) is 13.8 Å². The molecule has 1 amide bonds. The van der Waals surface area contributed by atoms with Crippen molar-refractivity contribution in [1.29, 1.82) is 0 Å². The van der Waals surface area contributed by atoms with E-state index in [1.807, 2.05) is 0 Å². The second-order valence-corrected chi connectivity index (χ2v) is 6.57. The van der Waals surface area contributed by atoms with Gasteiger partial charge in [0, 0.05) is 31.1 Å². The van der Waals surface area contributed by atoms with Crippen molar-refractivity contribution in [3.63, 3.8) is 0 Å². The van der Waals surface area contributed by atoms with E-state index in [-0.39, 0.29) is 0 Å². The molecule has 2 aliphatic rings. The lowest BCUT2D eigenvalue weighted by atomic mass is 10.00. The average molecular weight is 252 g/mol. The predicted molar refractivity (Wildman–Crippen MR) is 74.4 cm³/mol. The Balaban J connectivity index is 1.68. The highest BCUT2D eigenvalue weighted by Gasteiger charge is 2.34. The SMILES string of the molecule is CC(C)CC(C)NC1CCN(C(=O)C2CC2)CC1. The van der Waals surface area contributed by atoms with E-state index in [4.69, 9.17) is 0 Å². The first kappa shape index (κ1) is 13.9. The maximum absolute atomic E-state index is 11.9. The molecule has 0 spiro atoms.